The molecule has 2 aromatic rings. The molecule has 3 amide bonds. The number of carbonyl (C=O) groups excluding carboxylic acids is 3. The molecule has 3 rings (SSSR count). The summed E-state index contributed by atoms with van der Waals surface area (Å²) in [6, 6.07) is 6.45. The highest BCUT2D eigenvalue weighted by atomic mass is 19.3. The van der Waals surface area contributed by atoms with Crippen LogP contribution in [0.2, 0.25) is 0 Å². The van der Waals surface area contributed by atoms with Gasteiger partial charge < -0.3 is 20.6 Å². The summed E-state index contributed by atoms with van der Waals surface area (Å²) in [5.41, 5.74) is 0.659. The molecular formula is C21H19F2N5O5. The Balaban J connectivity index is 1.73. The number of aromatic nitrogens is 1. The third kappa shape index (κ3) is 5.57. The lowest BCUT2D eigenvalue weighted by molar-refractivity contribution is -0.138. The molecule has 0 aliphatic carbocycles. The molecule has 1 aliphatic rings. The third-order valence-corrected chi connectivity index (χ3v) is 5.00. The molecule has 0 saturated carbocycles. The normalized spacial score (nSPS) is 16.8. The molecule has 0 unspecified atom stereocenters. The molecule has 1 aromatic carbocycles. The minimum Gasteiger partial charge on any atom is -0.481 e. The number of hydrogen-bond acceptors (Lipinski definition) is 6. The van der Waals surface area contributed by atoms with Crippen LogP contribution in [0.4, 0.5) is 14.5 Å². The highest BCUT2D eigenvalue weighted by molar-refractivity contribution is 6.10. The van der Waals surface area contributed by atoms with Gasteiger partial charge >= 0.3 is 5.97 Å². The summed E-state index contributed by atoms with van der Waals surface area (Å²) in [7, 11) is 0. The third-order valence-electron chi connectivity index (χ3n) is 5.00. The summed E-state index contributed by atoms with van der Waals surface area (Å²) in [5.74, 6) is -6.30. The van der Waals surface area contributed by atoms with Crippen molar-refractivity contribution in [3.05, 3.63) is 36.0 Å². The molecular weight excluding hydrogens is 440 g/mol. The number of amides is 3. The molecule has 1 fully saturated rings. The van der Waals surface area contributed by atoms with Crippen molar-refractivity contribution < 1.29 is 33.1 Å². The number of aliphatic carboxylic acids is 1. The summed E-state index contributed by atoms with van der Waals surface area (Å²) < 4.78 is 27.1. The molecule has 0 spiro atoms. The second-order valence-corrected chi connectivity index (χ2v) is 7.41. The summed E-state index contributed by atoms with van der Waals surface area (Å²) in [5, 5.41) is 23.0. The Morgan fingerprint density at radius 1 is 1.24 bits per heavy atom. The van der Waals surface area contributed by atoms with Gasteiger partial charge in [-0.3, -0.25) is 24.2 Å². The summed E-state index contributed by atoms with van der Waals surface area (Å²) in [4.78, 5) is 52.5. The standard InChI is InChI=1S/C21H19F2N5O5/c22-21(23)8-12(9-24)28(11-21)17(30)10-26-20(33)14-6-7-25-19-13(14)2-1-3-15(19)27-16(29)4-5-18(31)32/h1-3,6-7,12H,4-5,8,10-11H2,(H,26,33)(H,27,29)(H,31,32)/t12-/m0/s1. The van der Waals surface area contributed by atoms with E-state index < -0.39 is 55.2 Å². The molecule has 3 N–H and O–H groups in total. The number of benzene rings is 1. The first kappa shape index (κ1) is 23.5. The maximum absolute atomic E-state index is 13.5. The maximum atomic E-state index is 13.5. The molecule has 12 heteroatoms. The predicted octanol–water partition coefficient (Wildman–Crippen LogP) is 1.53. The second kappa shape index (κ2) is 9.56. The Morgan fingerprint density at radius 3 is 2.70 bits per heavy atom. The molecule has 1 aliphatic heterocycles. The second-order valence-electron chi connectivity index (χ2n) is 7.41. The fourth-order valence-electron chi connectivity index (χ4n) is 3.46. The van der Waals surface area contributed by atoms with Crippen LogP contribution in [0.3, 0.4) is 0 Å². The first-order chi connectivity index (χ1) is 15.6. The van der Waals surface area contributed by atoms with Crippen LogP contribution in [0.1, 0.15) is 29.6 Å². The highest BCUT2D eigenvalue weighted by Gasteiger charge is 2.47. The van der Waals surface area contributed by atoms with Crippen LogP contribution in [0.5, 0.6) is 0 Å². The highest BCUT2D eigenvalue weighted by Crippen LogP contribution is 2.31. The van der Waals surface area contributed by atoms with E-state index >= 15 is 0 Å². The van der Waals surface area contributed by atoms with Gasteiger partial charge in [-0.2, -0.15) is 5.26 Å². The molecule has 0 bridgehead atoms. The average Bonchev–Trinajstić information content (AvgIpc) is 3.10. The zero-order valence-corrected chi connectivity index (χ0v) is 17.2. The van der Waals surface area contributed by atoms with Crippen molar-refractivity contribution in [3.63, 3.8) is 0 Å². The Bertz CT molecular complexity index is 1160. The van der Waals surface area contributed by atoms with Crippen molar-refractivity contribution in [1.29, 1.82) is 5.26 Å². The number of hydrogen-bond donors (Lipinski definition) is 3. The fraction of sp³-hybridized carbons (Fsp3) is 0.333. The van der Waals surface area contributed by atoms with Crippen LogP contribution in [-0.4, -0.2) is 63.7 Å². The number of pyridine rings is 1. The number of carboxylic acids is 1. The van der Waals surface area contributed by atoms with E-state index in [1.807, 2.05) is 0 Å². The Labute approximate surface area is 186 Å². The number of likely N-dealkylation sites (tertiary alicyclic amines) is 1. The zero-order chi connectivity index (χ0) is 24.2. The molecule has 1 saturated heterocycles. The minimum absolute atomic E-state index is 0.123. The van der Waals surface area contributed by atoms with Crippen LogP contribution in [0, 0.1) is 11.3 Å². The molecule has 10 nitrogen and oxygen atoms in total. The van der Waals surface area contributed by atoms with Gasteiger partial charge in [0.25, 0.3) is 11.8 Å². The number of nitriles is 1. The van der Waals surface area contributed by atoms with Gasteiger partial charge in [0.05, 0.1) is 42.3 Å². The first-order valence-electron chi connectivity index (χ1n) is 9.86. The molecule has 172 valence electrons. The minimum atomic E-state index is -3.16. The molecule has 0 radical (unpaired) electrons. The topological polar surface area (TPSA) is 152 Å². The quantitative estimate of drug-likeness (QED) is 0.568. The van der Waals surface area contributed by atoms with Crippen LogP contribution in [0.25, 0.3) is 10.9 Å². The molecule has 1 atom stereocenters. The largest absolute Gasteiger partial charge is 0.481 e. The Kier molecular flexibility index (Phi) is 6.81. The van der Waals surface area contributed by atoms with E-state index in [0.29, 0.717) is 5.39 Å². The van der Waals surface area contributed by atoms with Gasteiger partial charge in [-0.15, -0.1) is 0 Å². The SMILES string of the molecule is N#C[C@@H]1CC(F)(F)CN1C(=O)CNC(=O)c1ccnc2c(NC(=O)CCC(=O)O)cccc12. The van der Waals surface area contributed by atoms with Crippen molar-refractivity contribution in [3.8, 4) is 6.07 Å². The monoisotopic (exact) mass is 459 g/mol. The van der Waals surface area contributed by atoms with Gasteiger partial charge in [0.1, 0.15) is 6.04 Å². The smallest absolute Gasteiger partial charge is 0.303 e. The van der Waals surface area contributed by atoms with Crippen LogP contribution >= 0.6 is 0 Å². The number of carbonyl (C=O) groups is 4. The van der Waals surface area contributed by atoms with Crippen molar-refractivity contribution >= 4 is 40.3 Å². The van der Waals surface area contributed by atoms with Crippen LogP contribution in [-0.2, 0) is 14.4 Å². The number of halogens is 2. The predicted molar refractivity (Wildman–Crippen MR) is 110 cm³/mol. The van der Waals surface area contributed by atoms with E-state index in [1.165, 1.54) is 18.3 Å². The van der Waals surface area contributed by atoms with E-state index in [4.69, 9.17) is 10.4 Å². The number of nitrogens with zero attached hydrogens (tertiary/aromatic N) is 3. The van der Waals surface area contributed by atoms with Gasteiger partial charge in [0.15, 0.2) is 0 Å². The maximum Gasteiger partial charge on any atom is 0.303 e. The number of nitrogens with one attached hydrogen (secondary N) is 2. The van der Waals surface area contributed by atoms with E-state index in [0.717, 1.165) is 4.90 Å². The number of alkyl halides is 2. The van der Waals surface area contributed by atoms with Crippen molar-refractivity contribution in [2.45, 2.75) is 31.2 Å². The lowest BCUT2D eigenvalue weighted by Gasteiger charge is -2.19. The van der Waals surface area contributed by atoms with E-state index in [-0.39, 0.29) is 29.6 Å². The Hall–Kier alpha value is -4.14. The number of para-hydroxylation sites is 1. The van der Waals surface area contributed by atoms with Crippen molar-refractivity contribution in [1.82, 2.24) is 15.2 Å². The fourth-order valence-corrected chi connectivity index (χ4v) is 3.46. The molecule has 2 heterocycles. The lowest BCUT2D eigenvalue weighted by Crippen LogP contribution is -2.43. The van der Waals surface area contributed by atoms with Crippen LogP contribution in [0.15, 0.2) is 30.5 Å². The summed E-state index contributed by atoms with van der Waals surface area (Å²) in [6.07, 6.45) is -0.0214. The zero-order valence-electron chi connectivity index (χ0n) is 17.2. The summed E-state index contributed by atoms with van der Waals surface area (Å²) in [6.45, 7) is -1.47. The molecule has 33 heavy (non-hydrogen) atoms. The van der Waals surface area contributed by atoms with E-state index in [2.05, 4.69) is 15.6 Å². The van der Waals surface area contributed by atoms with Crippen molar-refractivity contribution in [2.75, 3.05) is 18.4 Å². The van der Waals surface area contributed by atoms with Gasteiger partial charge in [-0.1, -0.05) is 12.1 Å². The number of carboxylic acid groups (broad SMARTS) is 1. The first-order valence-corrected chi connectivity index (χ1v) is 9.86. The van der Waals surface area contributed by atoms with E-state index in [9.17, 15) is 28.0 Å². The van der Waals surface area contributed by atoms with Crippen molar-refractivity contribution in [2.24, 2.45) is 0 Å². The van der Waals surface area contributed by atoms with E-state index in [1.54, 1.807) is 18.2 Å². The lowest BCUT2D eigenvalue weighted by atomic mass is 10.1. The van der Waals surface area contributed by atoms with Gasteiger partial charge in [0, 0.05) is 24.4 Å². The number of fused-ring (bicyclic) bond motifs is 1. The van der Waals surface area contributed by atoms with Gasteiger partial charge in [-0.25, -0.2) is 8.78 Å². The number of anilines is 1. The van der Waals surface area contributed by atoms with Gasteiger partial charge in [0.2, 0.25) is 11.8 Å². The summed E-state index contributed by atoms with van der Waals surface area (Å²) >= 11 is 0. The van der Waals surface area contributed by atoms with Gasteiger partial charge in [-0.05, 0) is 12.1 Å². The average molecular weight is 459 g/mol. The Morgan fingerprint density at radius 2 is 2.00 bits per heavy atom. The van der Waals surface area contributed by atoms with Crippen LogP contribution < -0.4 is 10.6 Å². The number of rotatable bonds is 7. The molecule has 1 aromatic heterocycles.